The first kappa shape index (κ1) is 13.5. The minimum atomic E-state index is 0.584. The standard InChI is InChI=1S/C14H16N2S3/c15-7-10-1-3-11(4-2-10)12-8-19-14(16-12)13-9-17-5-6-18-13/h1-4,8,13H,5-7,9,15H2. The summed E-state index contributed by atoms with van der Waals surface area (Å²) in [6.45, 7) is 0.596. The monoisotopic (exact) mass is 308 g/mol. The van der Waals surface area contributed by atoms with Gasteiger partial charge in [-0.15, -0.1) is 23.1 Å². The molecule has 2 N–H and O–H groups in total. The van der Waals surface area contributed by atoms with Crippen LogP contribution in [0.15, 0.2) is 29.6 Å². The summed E-state index contributed by atoms with van der Waals surface area (Å²) in [5.74, 6) is 3.72. The third-order valence-corrected chi connectivity index (χ3v) is 6.97. The number of aromatic nitrogens is 1. The Bertz CT molecular complexity index is 530. The van der Waals surface area contributed by atoms with Gasteiger partial charge in [-0.2, -0.15) is 11.8 Å². The molecule has 2 heterocycles. The number of hydrogen-bond acceptors (Lipinski definition) is 5. The molecular weight excluding hydrogens is 292 g/mol. The molecule has 1 unspecified atom stereocenters. The van der Waals surface area contributed by atoms with E-state index in [0.717, 1.165) is 5.69 Å². The largest absolute Gasteiger partial charge is 0.326 e. The summed E-state index contributed by atoms with van der Waals surface area (Å²) in [6.07, 6.45) is 0. The molecule has 3 rings (SSSR count). The van der Waals surface area contributed by atoms with Gasteiger partial charge in [0.1, 0.15) is 5.01 Å². The minimum Gasteiger partial charge on any atom is -0.326 e. The fraction of sp³-hybridized carbons (Fsp3) is 0.357. The van der Waals surface area contributed by atoms with Crippen LogP contribution in [0.5, 0.6) is 0 Å². The van der Waals surface area contributed by atoms with Gasteiger partial charge in [-0.05, 0) is 5.56 Å². The van der Waals surface area contributed by atoms with Gasteiger partial charge in [0.25, 0.3) is 0 Å². The summed E-state index contributed by atoms with van der Waals surface area (Å²) < 4.78 is 0. The van der Waals surface area contributed by atoms with Crippen LogP contribution in [-0.4, -0.2) is 22.2 Å². The van der Waals surface area contributed by atoms with E-state index < -0.39 is 0 Å². The van der Waals surface area contributed by atoms with Crippen molar-refractivity contribution in [2.75, 3.05) is 17.3 Å². The van der Waals surface area contributed by atoms with Crippen LogP contribution in [0.4, 0.5) is 0 Å². The molecule has 2 nitrogen and oxygen atoms in total. The first-order valence-corrected chi connectivity index (χ1v) is 9.39. The van der Waals surface area contributed by atoms with Gasteiger partial charge < -0.3 is 5.73 Å². The zero-order valence-corrected chi connectivity index (χ0v) is 13.0. The molecule has 2 aromatic rings. The van der Waals surface area contributed by atoms with Crippen molar-refractivity contribution in [1.29, 1.82) is 0 Å². The number of nitrogens with two attached hydrogens (primary N) is 1. The van der Waals surface area contributed by atoms with E-state index in [1.165, 1.54) is 33.4 Å². The van der Waals surface area contributed by atoms with Crippen LogP contribution in [0.25, 0.3) is 11.3 Å². The summed E-state index contributed by atoms with van der Waals surface area (Å²) >= 11 is 5.87. The number of thiazole rings is 1. The van der Waals surface area contributed by atoms with Gasteiger partial charge in [0.15, 0.2) is 0 Å². The lowest BCUT2D eigenvalue weighted by atomic mass is 10.1. The molecule has 0 bridgehead atoms. The van der Waals surface area contributed by atoms with E-state index in [1.54, 1.807) is 11.3 Å². The van der Waals surface area contributed by atoms with Crippen LogP contribution < -0.4 is 5.73 Å². The highest BCUT2D eigenvalue weighted by molar-refractivity contribution is 8.06. The Kier molecular flexibility index (Phi) is 4.48. The second-order valence-electron chi connectivity index (χ2n) is 4.41. The maximum Gasteiger partial charge on any atom is 0.107 e. The molecule has 1 fully saturated rings. The van der Waals surface area contributed by atoms with E-state index in [-0.39, 0.29) is 0 Å². The fourth-order valence-corrected chi connectivity index (χ4v) is 5.84. The highest BCUT2D eigenvalue weighted by atomic mass is 32.2. The first-order valence-electron chi connectivity index (χ1n) is 6.31. The number of hydrogen-bond donors (Lipinski definition) is 1. The molecule has 1 aromatic carbocycles. The molecule has 1 aliphatic rings. The van der Waals surface area contributed by atoms with Crippen molar-refractivity contribution in [2.45, 2.75) is 11.8 Å². The number of rotatable bonds is 3. The van der Waals surface area contributed by atoms with Crippen LogP contribution in [0, 0.1) is 0 Å². The van der Waals surface area contributed by atoms with Gasteiger partial charge in [0, 0.05) is 34.7 Å². The lowest BCUT2D eigenvalue weighted by Gasteiger charge is -2.18. The number of benzene rings is 1. The summed E-state index contributed by atoms with van der Waals surface area (Å²) in [7, 11) is 0. The molecule has 0 radical (unpaired) electrons. The summed E-state index contributed by atoms with van der Waals surface area (Å²) in [5.41, 5.74) is 9.07. The van der Waals surface area contributed by atoms with Gasteiger partial charge >= 0.3 is 0 Å². The topological polar surface area (TPSA) is 38.9 Å². The van der Waals surface area contributed by atoms with E-state index in [0.29, 0.717) is 11.8 Å². The predicted molar refractivity (Wildman–Crippen MR) is 88.0 cm³/mol. The van der Waals surface area contributed by atoms with Gasteiger partial charge in [0.05, 0.1) is 10.9 Å². The molecule has 0 amide bonds. The van der Waals surface area contributed by atoms with Crippen molar-refractivity contribution in [2.24, 2.45) is 5.73 Å². The van der Waals surface area contributed by atoms with Gasteiger partial charge in [-0.25, -0.2) is 4.98 Å². The summed E-state index contributed by atoms with van der Waals surface area (Å²) in [4.78, 5) is 4.81. The smallest absolute Gasteiger partial charge is 0.107 e. The van der Waals surface area contributed by atoms with Crippen LogP contribution in [-0.2, 0) is 6.54 Å². The second-order valence-corrected chi connectivity index (χ2v) is 7.76. The normalized spacial score (nSPS) is 19.5. The van der Waals surface area contributed by atoms with Crippen molar-refractivity contribution in [3.05, 3.63) is 40.2 Å². The second kappa shape index (κ2) is 6.31. The maximum absolute atomic E-state index is 5.62. The third-order valence-electron chi connectivity index (χ3n) is 3.10. The Hall–Kier alpha value is -0.490. The first-order chi connectivity index (χ1) is 9.36. The van der Waals surface area contributed by atoms with E-state index in [1.807, 2.05) is 23.5 Å². The highest BCUT2D eigenvalue weighted by Crippen LogP contribution is 2.39. The zero-order valence-electron chi connectivity index (χ0n) is 10.5. The molecule has 1 atom stereocenters. The molecule has 1 aliphatic heterocycles. The number of nitrogens with zero attached hydrogens (tertiary/aromatic N) is 1. The highest BCUT2D eigenvalue weighted by Gasteiger charge is 2.19. The van der Waals surface area contributed by atoms with Crippen molar-refractivity contribution in [3.8, 4) is 11.3 Å². The van der Waals surface area contributed by atoms with Crippen LogP contribution in [0.1, 0.15) is 15.8 Å². The van der Waals surface area contributed by atoms with Gasteiger partial charge in [-0.3, -0.25) is 0 Å². The molecule has 5 heteroatoms. The quantitative estimate of drug-likeness (QED) is 0.936. The van der Waals surface area contributed by atoms with E-state index >= 15 is 0 Å². The van der Waals surface area contributed by atoms with Crippen LogP contribution in [0.2, 0.25) is 0 Å². The predicted octanol–water partition coefficient (Wildman–Crippen LogP) is 3.79. The van der Waals surface area contributed by atoms with Crippen molar-refractivity contribution in [1.82, 2.24) is 4.98 Å². The maximum atomic E-state index is 5.62. The minimum absolute atomic E-state index is 0.584. The fourth-order valence-electron chi connectivity index (χ4n) is 2.01. The Morgan fingerprint density at radius 2 is 2.05 bits per heavy atom. The Balaban J connectivity index is 1.79. The molecule has 0 aliphatic carbocycles. The molecule has 100 valence electrons. The molecule has 0 spiro atoms. The van der Waals surface area contributed by atoms with E-state index in [9.17, 15) is 0 Å². The molecule has 1 saturated heterocycles. The summed E-state index contributed by atoms with van der Waals surface area (Å²) in [5, 5.41) is 4.03. The Labute approximate surface area is 126 Å². The van der Waals surface area contributed by atoms with Gasteiger partial charge in [-0.1, -0.05) is 24.3 Å². The molecule has 1 aromatic heterocycles. The third kappa shape index (κ3) is 3.16. The molecule has 0 saturated carbocycles. The molecular formula is C14H16N2S3. The van der Waals surface area contributed by atoms with Crippen molar-refractivity contribution in [3.63, 3.8) is 0 Å². The lowest BCUT2D eigenvalue weighted by molar-refractivity contribution is 1.06. The summed E-state index contributed by atoms with van der Waals surface area (Å²) in [6, 6.07) is 8.40. The van der Waals surface area contributed by atoms with Gasteiger partial charge in [0.2, 0.25) is 0 Å². The van der Waals surface area contributed by atoms with Crippen LogP contribution in [0.3, 0.4) is 0 Å². The SMILES string of the molecule is NCc1ccc(-c2csc(C3CSCCS3)n2)cc1. The van der Waals surface area contributed by atoms with Crippen molar-refractivity contribution < 1.29 is 0 Å². The zero-order chi connectivity index (χ0) is 13.1. The lowest BCUT2D eigenvalue weighted by Crippen LogP contribution is -2.06. The Morgan fingerprint density at radius 1 is 1.21 bits per heavy atom. The number of thioether (sulfide) groups is 2. The van der Waals surface area contributed by atoms with E-state index in [4.69, 9.17) is 10.7 Å². The Morgan fingerprint density at radius 3 is 2.74 bits per heavy atom. The van der Waals surface area contributed by atoms with E-state index in [2.05, 4.69) is 29.6 Å². The average Bonchev–Trinajstić information content (AvgIpc) is 2.98. The molecule has 19 heavy (non-hydrogen) atoms. The van der Waals surface area contributed by atoms with Crippen LogP contribution >= 0.6 is 34.9 Å². The average molecular weight is 308 g/mol. The van der Waals surface area contributed by atoms with Crippen molar-refractivity contribution >= 4 is 34.9 Å².